The van der Waals surface area contributed by atoms with Crippen LogP contribution in [0, 0.1) is 5.92 Å². The summed E-state index contributed by atoms with van der Waals surface area (Å²) in [6.45, 7) is 2.85. The highest BCUT2D eigenvalue weighted by molar-refractivity contribution is 7.10. The van der Waals surface area contributed by atoms with Crippen LogP contribution in [-0.4, -0.2) is 30.5 Å². The summed E-state index contributed by atoms with van der Waals surface area (Å²) in [5.74, 6) is 1.89. The third-order valence-corrected chi connectivity index (χ3v) is 7.10. The van der Waals surface area contributed by atoms with E-state index in [-0.39, 0.29) is 11.3 Å². The second kappa shape index (κ2) is 7.78. The van der Waals surface area contributed by atoms with Gasteiger partial charge in [0.25, 0.3) is 0 Å². The molecule has 138 valence electrons. The number of carbonyl (C=O) groups excluding carboxylic acids is 1. The van der Waals surface area contributed by atoms with Gasteiger partial charge in [0, 0.05) is 30.7 Å². The van der Waals surface area contributed by atoms with Crippen molar-refractivity contribution in [3.05, 3.63) is 46.8 Å². The Bertz CT molecular complexity index is 702. The number of nitrogens with one attached hydrogen (secondary N) is 1. The number of pyridine rings is 1. The molecule has 0 unspecified atom stereocenters. The van der Waals surface area contributed by atoms with Crippen LogP contribution in [0.3, 0.4) is 0 Å². The van der Waals surface area contributed by atoms with E-state index in [0.29, 0.717) is 5.92 Å². The molecule has 0 spiro atoms. The Kier molecular flexibility index (Phi) is 5.25. The fraction of sp³-hybridized carbons (Fsp3) is 0.524. The zero-order chi connectivity index (χ0) is 17.8. The molecule has 2 aliphatic rings. The molecule has 4 rings (SSSR count). The molecule has 0 atom stereocenters. The minimum absolute atomic E-state index is 0.254. The molecule has 1 aliphatic carbocycles. The first-order valence-corrected chi connectivity index (χ1v) is 10.6. The van der Waals surface area contributed by atoms with E-state index in [4.69, 9.17) is 0 Å². The monoisotopic (exact) mass is 369 g/mol. The molecule has 1 aliphatic heterocycles. The second-order valence-electron chi connectivity index (χ2n) is 7.59. The van der Waals surface area contributed by atoms with Gasteiger partial charge in [-0.1, -0.05) is 25.0 Å². The quantitative estimate of drug-likeness (QED) is 0.867. The number of amides is 1. The van der Waals surface area contributed by atoms with E-state index in [2.05, 4.69) is 38.8 Å². The van der Waals surface area contributed by atoms with Crippen LogP contribution in [0.15, 0.2) is 41.9 Å². The van der Waals surface area contributed by atoms with Crippen molar-refractivity contribution < 1.29 is 4.79 Å². The Morgan fingerprint density at radius 1 is 1.19 bits per heavy atom. The zero-order valence-corrected chi connectivity index (χ0v) is 16.0. The highest BCUT2D eigenvalue weighted by Crippen LogP contribution is 2.43. The molecule has 2 aromatic heterocycles. The van der Waals surface area contributed by atoms with Gasteiger partial charge < -0.3 is 10.2 Å². The maximum absolute atomic E-state index is 13.1. The summed E-state index contributed by atoms with van der Waals surface area (Å²) in [6.07, 6.45) is 8.40. The van der Waals surface area contributed by atoms with E-state index in [1.165, 1.54) is 4.88 Å². The van der Waals surface area contributed by atoms with Gasteiger partial charge in [-0.05, 0) is 55.2 Å². The van der Waals surface area contributed by atoms with E-state index in [9.17, 15) is 4.79 Å². The van der Waals surface area contributed by atoms with Crippen LogP contribution < -0.4 is 10.2 Å². The van der Waals surface area contributed by atoms with Crippen molar-refractivity contribution in [2.24, 2.45) is 5.92 Å². The Morgan fingerprint density at radius 3 is 2.65 bits per heavy atom. The molecule has 2 fully saturated rings. The standard InChI is InChI=1S/C21H27N3OS/c25-20(21(10-2-3-11-21)18-6-5-15-26-18)23-16-17-8-13-24(14-9-17)19-7-1-4-12-22-19/h1,4-7,12,15,17H,2-3,8-11,13-14,16H2,(H,23,25). The van der Waals surface area contributed by atoms with Gasteiger partial charge in [0.15, 0.2) is 0 Å². The van der Waals surface area contributed by atoms with Gasteiger partial charge in [-0.3, -0.25) is 4.79 Å². The van der Waals surface area contributed by atoms with Crippen molar-refractivity contribution in [2.45, 2.75) is 43.9 Å². The Hall–Kier alpha value is -1.88. The van der Waals surface area contributed by atoms with Crippen molar-refractivity contribution >= 4 is 23.1 Å². The number of rotatable bonds is 5. The van der Waals surface area contributed by atoms with Crippen LogP contribution >= 0.6 is 11.3 Å². The highest BCUT2D eigenvalue weighted by Gasteiger charge is 2.43. The van der Waals surface area contributed by atoms with Crippen LogP contribution in [0.1, 0.15) is 43.4 Å². The lowest BCUT2D eigenvalue weighted by atomic mass is 9.83. The smallest absolute Gasteiger partial charge is 0.231 e. The van der Waals surface area contributed by atoms with Crippen LogP contribution in [0.4, 0.5) is 5.82 Å². The predicted octanol–water partition coefficient (Wildman–Crippen LogP) is 3.99. The summed E-state index contributed by atoms with van der Waals surface area (Å²) >= 11 is 1.73. The fourth-order valence-corrected chi connectivity index (χ4v) is 5.41. The summed E-state index contributed by atoms with van der Waals surface area (Å²) in [4.78, 5) is 21.1. The number of aromatic nitrogens is 1. The van der Waals surface area contributed by atoms with Gasteiger partial charge in [0.05, 0.1) is 5.41 Å². The number of anilines is 1. The topological polar surface area (TPSA) is 45.2 Å². The normalized spacial score (nSPS) is 20.2. The van der Waals surface area contributed by atoms with E-state index >= 15 is 0 Å². The number of thiophene rings is 1. The number of hydrogen-bond acceptors (Lipinski definition) is 4. The lowest BCUT2D eigenvalue weighted by molar-refractivity contribution is -0.126. The molecule has 0 bridgehead atoms. The molecule has 0 radical (unpaired) electrons. The fourth-order valence-electron chi connectivity index (χ4n) is 4.43. The van der Waals surface area contributed by atoms with Gasteiger partial charge >= 0.3 is 0 Å². The number of nitrogens with zero attached hydrogens (tertiary/aromatic N) is 2. The predicted molar refractivity (Wildman–Crippen MR) is 107 cm³/mol. The first kappa shape index (κ1) is 17.5. The molecule has 3 heterocycles. The van der Waals surface area contributed by atoms with E-state index in [1.54, 1.807) is 11.3 Å². The zero-order valence-electron chi connectivity index (χ0n) is 15.2. The number of piperidine rings is 1. The third-order valence-electron chi connectivity index (χ3n) is 6.02. The van der Waals surface area contributed by atoms with Crippen molar-refractivity contribution in [3.8, 4) is 0 Å². The van der Waals surface area contributed by atoms with E-state index in [1.807, 2.05) is 18.3 Å². The average Bonchev–Trinajstić information content (AvgIpc) is 3.39. The summed E-state index contributed by atoms with van der Waals surface area (Å²) < 4.78 is 0. The molecular formula is C21H27N3OS. The molecular weight excluding hydrogens is 342 g/mol. The van der Waals surface area contributed by atoms with Crippen molar-refractivity contribution in [1.29, 1.82) is 0 Å². The summed E-state index contributed by atoms with van der Waals surface area (Å²) in [5, 5.41) is 5.40. The third kappa shape index (κ3) is 3.50. The molecule has 1 N–H and O–H groups in total. The Labute approximate surface area is 159 Å². The summed E-state index contributed by atoms with van der Waals surface area (Å²) in [6, 6.07) is 10.3. The molecule has 4 nitrogen and oxygen atoms in total. The van der Waals surface area contributed by atoms with Gasteiger partial charge in [-0.25, -0.2) is 4.98 Å². The first-order chi connectivity index (χ1) is 12.8. The number of carbonyl (C=O) groups is 1. The van der Waals surface area contributed by atoms with Gasteiger partial charge in [0.1, 0.15) is 5.82 Å². The van der Waals surface area contributed by atoms with Crippen LogP contribution in [-0.2, 0) is 10.2 Å². The highest BCUT2D eigenvalue weighted by atomic mass is 32.1. The minimum atomic E-state index is -0.261. The van der Waals surface area contributed by atoms with Crippen molar-refractivity contribution in [2.75, 3.05) is 24.5 Å². The van der Waals surface area contributed by atoms with Gasteiger partial charge in [-0.15, -0.1) is 11.3 Å². The molecule has 5 heteroatoms. The maximum Gasteiger partial charge on any atom is 0.231 e. The molecule has 1 amide bonds. The van der Waals surface area contributed by atoms with Crippen molar-refractivity contribution in [1.82, 2.24) is 10.3 Å². The number of hydrogen-bond donors (Lipinski definition) is 1. The second-order valence-corrected chi connectivity index (χ2v) is 8.54. The molecule has 1 saturated carbocycles. The van der Waals surface area contributed by atoms with Crippen molar-refractivity contribution in [3.63, 3.8) is 0 Å². The van der Waals surface area contributed by atoms with Gasteiger partial charge in [-0.2, -0.15) is 0 Å². The van der Waals surface area contributed by atoms with Crippen LogP contribution in [0.5, 0.6) is 0 Å². The van der Waals surface area contributed by atoms with Crippen LogP contribution in [0.25, 0.3) is 0 Å². The Morgan fingerprint density at radius 2 is 2.00 bits per heavy atom. The first-order valence-electron chi connectivity index (χ1n) is 9.76. The molecule has 26 heavy (non-hydrogen) atoms. The molecule has 2 aromatic rings. The van der Waals surface area contributed by atoms with E-state index < -0.39 is 0 Å². The Balaban J connectivity index is 1.31. The summed E-state index contributed by atoms with van der Waals surface area (Å²) in [7, 11) is 0. The summed E-state index contributed by atoms with van der Waals surface area (Å²) in [5.41, 5.74) is -0.261. The van der Waals surface area contributed by atoms with Crippen LogP contribution in [0.2, 0.25) is 0 Å². The lowest BCUT2D eigenvalue weighted by Gasteiger charge is -2.34. The van der Waals surface area contributed by atoms with Gasteiger partial charge in [0.2, 0.25) is 5.91 Å². The molecule has 1 saturated heterocycles. The van der Waals surface area contributed by atoms with E-state index in [0.717, 1.165) is 64.0 Å². The lowest BCUT2D eigenvalue weighted by Crippen LogP contribution is -2.45. The average molecular weight is 370 g/mol. The largest absolute Gasteiger partial charge is 0.357 e. The minimum Gasteiger partial charge on any atom is -0.357 e. The maximum atomic E-state index is 13.1. The molecule has 0 aromatic carbocycles. The SMILES string of the molecule is O=C(NCC1CCN(c2ccccn2)CC1)C1(c2cccs2)CCCC1.